The molecule has 0 unspecified atom stereocenters. The molecule has 240 valence electrons. The van der Waals surface area contributed by atoms with Crippen molar-refractivity contribution in [3.05, 3.63) is 0 Å². The Hall–Kier alpha value is 2.68. The molecule has 0 bridgehead atoms. The molecule has 0 aromatic rings. The quantitative estimate of drug-likeness (QED) is 0.153. The van der Waals surface area contributed by atoms with E-state index in [0.29, 0.717) is 0 Å². The fourth-order valence-electron chi connectivity index (χ4n) is 1.65. The fraction of sp³-hybridized carbons (Fsp3) is 0.750. The first-order chi connectivity index (χ1) is 19.3. The third kappa shape index (κ3) is 47.6. The van der Waals surface area contributed by atoms with Crippen molar-refractivity contribution < 1.29 is 83.3 Å². The van der Waals surface area contributed by atoms with Crippen LogP contribution >= 0.6 is 76.1 Å². The van der Waals surface area contributed by atoms with Crippen molar-refractivity contribution in [2.45, 2.75) is 0 Å². The molecule has 0 N–H and O–H groups in total. The number of hydrogen-bond acceptors (Lipinski definition) is 12. The number of halogens is 8. The van der Waals surface area contributed by atoms with Crippen LogP contribution in [0.1, 0.15) is 0 Å². The number of carbonyl (C=O) groups is 4. The Morgan fingerprint density at radius 3 is 0.675 bits per heavy atom. The van der Waals surface area contributed by atoms with Crippen LogP contribution in [0, 0.1) is 0 Å². The van der Waals surface area contributed by atoms with Gasteiger partial charge in [-0.1, -0.05) is 0 Å². The molecule has 0 aromatic carbocycles. The molecule has 24 heteroatoms. The minimum atomic E-state index is -1.12. The molecule has 12 nitrogen and oxygen atoms in total. The van der Waals surface area contributed by atoms with Crippen LogP contribution in [0.4, 0.5) is 0 Å². The molecule has 0 amide bonds. The fourth-order valence-corrected chi connectivity index (χ4v) is 1.65. The van der Waals surface area contributed by atoms with Gasteiger partial charge in [-0.25, -0.2) is 19.2 Å². The summed E-state index contributed by atoms with van der Waals surface area (Å²) in [5.74, 6) is -4.47. The van der Waals surface area contributed by atoms with E-state index in [2.05, 4.69) is 18.9 Å². The number of ether oxygens (including phenoxy) is 8. The maximum atomic E-state index is 11.4. The van der Waals surface area contributed by atoms with Gasteiger partial charge in [-0.15, -0.1) is 0 Å². The minimum absolute atomic E-state index is 0.0618. The first-order valence-corrected chi connectivity index (χ1v) is 30.4. The maximum absolute atomic E-state index is 11.4. The van der Waals surface area contributed by atoms with E-state index in [4.69, 9.17) is 95.0 Å². The van der Waals surface area contributed by atoms with Crippen LogP contribution < -0.4 is 0 Å². The Morgan fingerprint density at radius 2 is 0.525 bits per heavy atom. The average molecular weight is 1040 g/mol. The van der Waals surface area contributed by atoms with Gasteiger partial charge >= 0.3 is 164 Å². The number of carbonyl (C=O) groups excluding carboxylic acids is 4. The molecule has 4 radical (unpaired) electrons. The van der Waals surface area contributed by atoms with E-state index in [1.54, 1.807) is 0 Å². The second kappa shape index (κ2) is 46.1. The predicted molar refractivity (Wildman–Crippen MR) is 145 cm³/mol. The Morgan fingerprint density at radius 1 is 0.400 bits per heavy atom. The van der Waals surface area contributed by atoms with Crippen LogP contribution in [0.3, 0.4) is 0 Å². The molecule has 1 rings (SSSR count). The van der Waals surface area contributed by atoms with Gasteiger partial charge < -0.3 is 37.9 Å². The van der Waals surface area contributed by atoms with Gasteiger partial charge in [-0.3, -0.25) is 0 Å². The molecule has 1 fully saturated rings. The molecule has 1 saturated heterocycles. The summed E-state index contributed by atoms with van der Waals surface area (Å²) in [6.07, 6.45) is 0. The second-order valence-electron chi connectivity index (χ2n) is 5.24. The Labute approximate surface area is 296 Å². The van der Waals surface area contributed by atoms with Crippen molar-refractivity contribution in [3.8, 4) is 0 Å². The number of cyclic esters (lactones) is 4. The van der Waals surface area contributed by atoms with Crippen molar-refractivity contribution >= 4 is 138 Å². The average Bonchev–Trinajstić information content (AvgIpc) is 2.91. The van der Waals surface area contributed by atoms with Gasteiger partial charge in [0.05, 0.1) is 52.9 Å². The van der Waals surface area contributed by atoms with Crippen molar-refractivity contribution in [1.29, 1.82) is 0 Å². The molecule has 0 atom stereocenters. The number of esters is 4. The van der Waals surface area contributed by atoms with E-state index in [1.807, 2.05) is 0 Å². The van der Waals surface area contributed by atoms with Crippen LogP contribution in [-0.4, -0.2) is 141 Å². The predicted octanol–water partition coefficient (Wildman–Crippen LogP) is 2.99. The Bertz CT molecular complexity index is 502. The third-order valence-corrected chi connectivity index (χ3v) is 2.92. The van der Waals surface area contributed by atoms with Gasteiger partial charge in [0.2, 0.25) is 0 Å². The molecule has 40 heavy (non-hydrogen) atoms. The Kier molecular flexibility index (Phi) is 57.1. The molecule has 0 aliphatic carbocycles. The first kappa shape index (κ1) is 49.6. The summed E-state index contributed by atoms with van der Waals surface area (Å²) in [6.45, 7) is 0.512. The van der Waals surface area contributed by atoms with Gasteiger partial charge in [0.25, 0.3) is 0 Å². The second-order valence-corrected chi connectivity index (χ2v) is 17.4. The molecule has 0 aromatic heterocycles. The molecule has 1 aliphatic heterocycles. The molecule has 1 heterocycles. The van der Waals surface area contributed by atoms with E-state index in [0.717, 1.165) is 0 Å². The zero-order chi connectivity index (χ0) is 31.3. The van der Waals surface area contributed by atoms with Gasteiger partial charge in [-0.05, 0) is 0 Å². The number of hydrogen-bond donors (Lipinski definition) is 0. The molecule has 1 aliphatic rings. The van der Waals surface area contributed by atoms with E-state index < -0.39 is 61.7 Å². The van der Waals surface area contributed by atoms with Crippen molar-refractivity contribution in [2.24, 2.45) is 0 Å². The molecule has 0 saturated carbocycles. The van der Waals surface area contributed by atoms with E-state index in [1.165, 1.54) is 0 Å². The van der Waals surface area contributed by atoms with E-state index in [-0.39, 0.29) is 106 Å². The summed E-state index contributed by atoms with van der Waals surface area (Å²) in [5.41, 5.74) is 0. The monoisotopic (exact) mass is 1040 g/mol. The molecule has 0 spiro atoms. The number of rotatable bonds is 0. The topological polar surface area (TPSA) is 142 Å². The Balaban J connectivity index is -0.000000459. The van der Waals surface area contributed by atoms with E-state index >= 15 is 0 Å². The zero-order valence-corrected chi connectivity index (χ0v) is 34.1. The SMILES string of the molecule is O=C1OCCOCCOCCOC(=O)C(=O)OCCOCCOCCOC1=O.[Cl][Fe][Cl].[Cl][Fe][Cl].[Cl][Sn][Cl].[Cl][Sn][Cl]. The van der Waals surface area contributed by atoms with E-state index in [9.17, 15) is 19.2 Å². The summed E-state index contributed by atoms with van der Waals surface area (Å²) in [5, 5.41) is 0. The molecular formula is C16H24Cl8Fe2O12Sn2. The zero-order valence-electron chi connectivity index (χ0n) is 20.1. The van der Waals surface area contributed by atoms with Gasteiger partial charge in [0.1, 0.15) is 26.4 Å². The standard InChI is InChI=1S/C16H24O12.8ClH.2Fe.2Sn/c17-13-14(18)27-11-7-23-3-4-24-8-12-28-16(20)15(19)26-10-6-22-2-1-21-5-9-25-13;;;;;;;;;;;;/h1-12H2;8*1H;;;;/q;;;;;;;;;4*+2/p-8. The van der Waals surface area contributed by atoms with Crippen LogP contribution in [0.25, 0.3) is 0 Å². The van der Waals surface area contributed by atoms with Crippen molar-refractivity contribution in [3.63, 3.8) is 0 Å². The van der Waals surface area contributed by atoms with Gasteiger partial charge in [0.15, 0.2) is 0 Å². The summed E-state index contributed by atoms with van der Waals surface area (Å²) in [6, 6.07) is 0. The summed E-state index contributed by atoms with van der Waals surface area (Å²) in [4.78, 5) is 45.4. The summed E-state index contributed by atoms with van der Waals surface area (Å²) < 4.78 is 39.2. The summed E-state index contributed by atoms with van der Waals surface area (Å²) >= 11 is -1.26. The van der Waals surface area contributed by atoms with Crippen LogP contribution in [-0.2, 0) is 83.3 Å². The van der Waals surface area contributed by atoms with Crippen LogP contribution in [0.15, 0.2) is 0 Å². The van der Waals surface area contributed by atoms with Gasteiger partial charge in [0, 0.05) is 0 Å². The van der Waals surface area contributed by atoms with Crippen molar-refractivity contribution in [2.75, 3.05) is 79.3 Å². The molecular weight excluding hydrogens is 1020 g/mol. The van der Waals surface area contributed by atoms with Crippen molar-refractivity contribution in [1.82, 2.24) is 0 Å². The third-order valence-electron chi connectivity index (χ3n) is 2.92. The van der Waals surface area contributed by atoms with Gasteiger partial charge in [-0.2, -0.15) is 0 Å². The summed E-state index contributed by atoms with van der Waals surface area (Å²) in [7, 11) is 38.8. The van der Waals surface area contributed by atoms with Crippen LogP contribution in [0.2, 0.25) is 0 Å². The first-order valence-electron chi connectivity index (χ1n) is 9.89. The van der Waals surface area contributed by atoms with Crippen LogP contribution in [0.5, 0.6) is 0 Å². The normalized spacial score (nSPS) is 17.0.